The van der Waals surface area contributed by atoms with Crippen molar-refractivity contribution in [2.45, 2.75) is 65.0 Å². The van der Waals surface area contributed by atoms with Crippen molar-refractivity contribution in [1.29, 1.82) is 0 Å². The molecule has 0 aliphatic rings. The number of aromatic nitrogens is 2. The molecule has 0 spiro atoms. The molecule has 0 aliphatic heterocycles. The Morgan fingerprint density at radius 3 is 2.71 bits per heavy atom. The van der Waals surface area contributed by atoms with Gasteiger partial charge in [-0.1, -0.05) is 39.0 Å². The van der Waals surface area contributed by atoms with Gasteiger partial charge in [0.15, 0.2) is 0 Å². The fraction of sp³-hybridized carbons (Fsp3) is 0.769. The van der Waals surface area contributed by atoms with Crippen LogP contribution >= 0.6 is 0 Å². The van der Waals surface area contributed by atoms with Crippen LogP contribution in [-0.4, -0.2) is 9.78 Å². The molecule has 1 rings (SSSR count). The number of hydrogen-bond acceptors (Lipinski definition) is 3. The lowest BCUT2D eigenvalue weighted by atomic mass is 10.0. The standard InChI is InChI=1S/C13H26N4/c1-3-5-6-7-8-9-12(16-14)13-10-11-15-17(13)4-2/h10-12,16H,3-9,14H2,1-2H3. The van der Waals surface area contributed by atoms with Gasteiger partial charge in [-0.15, -0.1) is 0 Å². The molecule has 4 nitrogen and oxygen atoms in total. The van der Waals surface area contributed by atoms with Gasteiger partial charge in [0.25, 0.3) is 0 Å². The molecule has 0 saturated carbocycles. The number of nitrogens with two attached hydrogens (primary N) is 1. The molecule has 1 aromatic rings. The van der Waals surface area contributed by atoms with E-state index in [2.05, 4.69) is 30.4 Å². The highest BCUT2D eigenvalue weighted by molar-refractivity contribution is 5.06. The molecule has 1 unspecified atom stereocenters. The van der Waals surface area contributed by atoms with Crippen LogP contribution in [0, 0.1) is 0 Å². The zero-order valence-corrected chi connectivity index (χ0v) is 11.2. The van der Waals surface area contributed by atoms with E-state index in [0.717, 1.165) is 13.0 Å². The highest BCUT2D eigenvalue weighted by Crippen LogP contribution is 2.19. The minimum atomic E-state index is 0.235. The summed E-state index contributed by atoms with van der Waals surface area (Å²) in [7, 11) is 0. The Labute approximate surface area is 105 Å². The lowest BCUT2D eigenvalue weighted by Gasteiger charge is -2.17. The molecule has 0 amide bonds. The van der Waals surface area contributed by atoms with Crippen LogP contribution < -0.4 is 11.3 Å². The number of aryl methyl sites for hydroxylation is 1. The van der Waals surface area contributed by atoms with E-state index in [-0.39, 0.29) is 6.04 Å². The van der Waals surface area contributed by atoms with Gasteiger partial charge in [0.2, 0.25) is 0 Å². The lowest BCUT2D eigenvalue weighted by Crippen LogP contribution is -2.29. The Balaban J connectivity index is 2.38. The van der Waals surface area contributed by atoms with Gasteiger partial charge in [0, 0.05) is 12.7 Å². The quantitative estimate of drug-likeness (QED) is 0.395. The van der Waals surface area contributed by atoms with Crippen LogP contribution in [0.25, 0.3) is 0 Å². The van der Waals surface area contributed by atoms with Gasteiger partial charge in [-0.25, -0.2) is 0 Å². The molecule has 3 N–H and O–H groups in total. The molecule has 1 atom stereocenters. The second-order valence-corrected chi connectivity index (χ2v) is 4.49. The summed E-state index contributed by atoms with van der Waals surface area (Å²) in [6.07, 6.45) is 9.43. The maximum Gasteiger partial charge on any atom is 0.0629 e. The molecule has 1 aromatic heterocycles. The predicted molar refractivity (Wildman–Crippen MR) is 71.3 cm³/mol. The van der Waals surface area contributed by atoms with E-state index in [0.29, 0.717) is 0 Å². The Morgan fingerprint density at radius 2 is 2.06 bits per heavy atom. The van der Waals surface area contributed by atoms with E-state index < -0.39 is 0 Å². The van der Waals surface area contributed by atoms with E-state index in [9.17, 15) is 0 Å². The first kappa shape index (κ1) is 14.2. The predicted octanol–water partition coefficient (Wildman–Crippen LogP) is 2.77. The van der Waals surface area contributed by atoms with Crippen molar-refractivity contribution in [3.05, 3.63) is 18.0 Å². The van der Waals surface area contributed by atoms with Crippen LogP contribution in [-0.2, 0) is 6.54 Å². The van der Waals surface area contributed by atoms with Crippen molar-refractivity contribution in [3.8, 4) is 0 Å². The molecule has 1 heterocycles. The molecule has 0 radical (unpaired) electrons. The second kappa shape index (κ2) is 8.25. The largest absolute Gasteiger partial charge is 0.271 e. The average molecular weight is 238 g/mol. The van der Waals surface area contributed by atoms with E-state index in [1.54, 1.807) is 0 Å². The van der Waals surface area contributed by atoms with Crippen LogP contribution in [0.3, 0.4) is 0 Å². The summed E-state index contributed by atoms with van der Waals surface area (Å²) < 4.78 is 2.01. The average Bonchev–Trinajstić information content (AvgIpc) is 2.82. The molecular weight excluding hydrogens is 212 g/mol. The highest BCUT2D eigenvalue weighted by atomic mass is 15.3. The van der Waals surface area contributed by atoms with Crippen LogP contribution in [0.15, 0.2) is 12.3 Å². The maximum atomic E-state index is 5.64. The molecule has 0 aliphatic carbocycles. The van der Waals surface area contributed by atoms with E-state index in [1.807, 2.05) is 10.9 Å². The molecule has 0 aromatic carbocycles. The number of hydrazine groups is 1. The Kier molecular flexibility index (Phi) is 6.89. The van der Waals surface area contributed by atoms with Gasteiger partial charge in [-0.3, -0.25) is 16.0 Å². The van der Waals surface area contributed by atoms with Crippen molar-refractivity contribution < 1.29 is 0 Å². The van der Waals surface area contributed by atoms with Gasteiger partial charge >= 0.3 is 0 Å². The van der Waals surface area contributed by atoms with Crippen molar-refractivity contribution in [3.63, 3.8) is 0 Å². The topological polar surface area (TPSA) is 55.9 Å². The summed E-state index contributed by atoms with van der Waals surface area (Å²) in [5.74, 6) is 5.64. The minimum Gasteiger partial charge on any atom is -0.271 e. The summed E-state index contributed by atoms with van der Waals surface area (Å²) in [5, 5.41) is 4.28. The van der Waals surface area contributed by atoms with E-state index in [1.165, 1.54) is 37.8 Å². The number of hydrogen-bond donors (Lipinski definition) is 2. The molecular formula is C13H26N4. The zero-order valence-electron chi connectivity index (χ0n) is 11.2. The van der Waals surface area contributed by atoms with Gasteiger partial charge < -0.3 is 0 Å². The fourth-order valence-electron chi connectivity index (χ4n) is 2.17. The second-order valence-electron chi connectivity index (χ2n) is 4.49. The molecule has 0 fully saturated rings. The van der Waals surface area contributed by atoms with Gasteiger partial charge in [0.05, 0.1) is 11.7 Å². The fourth-order valence-corrected chi connectivity index (χ4v) is 2.17. The normalized spacial score (nSPS) is 12.9. The molecule has 98 valence electrons. The summed E-state index contributed by atoms with van der Waals surface area (Å²) in [6, 6.07) is 2.29. The maximum absolute atomic E-state index is 5.64. The number of rotatable bonds is 9. The number of nitrogens with zero attached hydrogens (tertiary/aromatic N) is 2. The zero-order chi connectivity index (χ0) is 12.5. The summed E-state index contributed by atoms with van der Waals surface area (Å²) in [6.45, 7) is 5.24. The Bertz CT molecular complexity index is 295. The van der Waals surface area contributed by atoms with Crippen LogP contribution in [0.4, 0.5) is 0 Å². The molecule has 0 saturated heterocycles. The third-order valence-corrected chi connectivity index (χ3v) is 3.20. The third kappa shape index (κ3) is 4.48. The van der Waals surface area contributed by atoms with Crippen molar-refractivity contribution in [1.82, 2.24) is 15.2 Å². The van der Waals surface area contributed by atoms with Gasteiger partial charge in [-0.05, 0) is 19.4 Å². The number of nitrogens with one attached hydrogen (secondary N) is 1. The van der Waals surface area contributed by atoms with Crippen molar-refractivity contribution >= 4 is 0 Å². The third-order valence-electron chi connectivity index (χ3n) is 3.20. The van der Waals surface area contributed by atoms with E-state index in [4.69, 9.17) is 5.84 Å². The van der Waals surface area contributed by atoms with Crippen molar-refractivity contribution in [2.24, 2.45) is 5.84 Å². The smallest absolute Gasteiger partial charge is 0.0629 e. The van der Waals surface area contributed by atoms with Crippen LogP contribution in [0.5, 0.6) is 0 Å². The van der Waals surface area contributed by atoms with Crippen molar-refractivity contribution in [2.75, 3.05) is 0 Å². The Hall–Kier alpha value is -0.870. The monoisotopic (exact) mass is 238 g/mol. The molecule has 17 heavy (non-hydrogen) atoms. The summed E-state index contributed by atoms with van der Waals surface area (Å²) >= 11 is 0. The first-order valence-electron chi connectivity index (χ1n) is 6.81. The van der Waals surface area contributed by atoms with Gasteiger partial charge in [0.1, 0.15) is 0 Å². The van der Waals surface area contributed by atoms with Crippen LogP contribution in [0.2, 0.25) is 0 Å². The minimum absolute atomic E-state index is 0.235. The summed E-state index contributed by atoms with van der Waals surface area (Å²) in [4.78, 5) is 0. The first-order chi connectivity index (χ1) is 8.33. The van der Waals surface area contributed by atoms with Gasteiger partial charge in [-0.2, -0.15) is 5.10 Å². The first-order valence-corrected chi connectivity index (χ1v) is 6.81. The SMILES string of the molecule is CCCCCCCC(NN)c1ccnn1CC. The van der Waals surface area contributed by atoms with Crippen LogP contribution in [0.1, 0.15) is 64.1 Å². The lowest BCUT2D eigenvalue weighted by molar-refractivity contribution is 0.443. The summed E-state index contributed by atoms with van der Waals surface area (Å²) in [5.41, 5.74) is 4.11. The highest BCUT2D eigenvalue weighted by Gasteiger charge is 2.13. The molecule has 0 bridgehead atoms. The Morgan fingerprint density at radius 1 is 1.29 bits per heavy atom. The number of unbranched alkanes of at least 4 members (excludes halogenated alkanes) is 4. The van der Waals surface area contributed by atoms with E-state index >= 15 is 0 Å². The molecule has 4 heteroatoms.